The minimum Gasteiger partial charge on any atom is -0.483 e. The Morgan fingerprint density at radius 2 is 1.89 bits per heavy atom. The van der Waals surface area contributed by atoms with Crippen LogP contribution in [0.1, 0.15) is 20.8 Å². The molecule has 0 saturated carbocycles. The highest BCUT2D eigenvalue weighted by atomic mass is 16.5. The van der Waals surface area contributed by atoms with Crippen molar-refractivity contribution in [3.05, 3.63) is 0 Å². The zero-order valence-corrected chi connectivity index (χ0v) is 6.43. The SMILES string of the molecule is CO/C(=N\N)C(C)(C)C. The lowest BCUT2D eigenvalue weighted by Gasteiger charge is -2.17. The van der Waals surface area contributed by atoms with Crippen molar-refractivity contribution in [2.45, 2.75) is 20.8 Å². The van der Waals surface area contributed by atoms with Crippen LogP contribution in [-0.4, -0.2) is 13.0 Å². The molecule has 0 spiro atoms. The van der Waals surface area contributed by atoms with Gasteiger partial charge in [0.25, 0.3) is 0 Å². The summed E-state index contributed by atoms with van der Waals surface area (Å²) < 4.78 is 4.89. The Balaban J connectivity index is 4.14. The minimum atomic E-state index is -0.0799. The molecular weight excluding hydrogens is 116 g/mol. The first-order valence-electron chi connectivity index (χ1n) is 2.84. The topological polar surface area (TPSA) is 47.6 Å². The smallest absolute Gasteiger partial charge is 0.210 e. The van der Waals surface area contributed by atoms with Crippen LogP contribution in [0.25, 0.3) is 0 Å². The monoisotopic (exact) mass is 130 g/mol. The number of rotatable bonds is 0. The number of methoxy groups -OCH3 is 1. The van der Waals surface area contributed by atoms with E-state index in [9.17, 15) is 0 Å². The van der Waals surface area contributed by atoms with Gasteiger partial charge in [0.15, 0.2) is 0 Å². The van der Waals surface area contributed by atoms with Crippen molar-refractivity contribution in [3.8, 4) is 0 Å². The van der Waals surface area contributed by atoms with Crippen LogP contribution >= 0.6 is 0 Å². The quantitative estimate of drug-likeness (QED) is 0.230. The molecule has 0 aromatic carbocycles. The van der Waals surface area contributed by atoms with Crippen LogP contribution in [0.15, 0.2) is 5.10 Å². The number of hydrogen-bond donors (Lipinski definition) is 1. The van der Waals surface area contributed by atoms with E-state index in [1.807, 2.05) is 20.8 Å². The Hall–Kier alpha value is -0.730. The summed E-state index contributed by atoms with van der Waals surface area (Å²) in [5, 5.41) is 3.47. The lowest BCUT2D eigenvalue weighted by molar-refractivity contribution is 0.334. The molecule has 3 heteroatoms. The van der Waals surface area contributed by atoms with Crippen LogP contribution in [-0.2, 0) is 4.74 Å². The van der Waals surface area contributed by atoms with E-state index in [0.717, 1.165) is 0 Å². The number of nitrogens with two attached hydrogens (primary N) is 1. The molecule has 0 aromatic heterocycles. The molecule has 0 unspecified atom stereocenters. The van der Waals surface area contributed by atoms with Gasteiger partial charge < -0.3 is 10.6 Å². The molecule has 54 valence electrons. The Kier molecular flexibility index (Phi) is 2.49. The molecule has 0 aliphatic rings. The van der Waals surface area contributed by atoms with Crippen molar-refractivity contribution in [2.24, 2.45) is 16.4 Å². The molecule has 0 aliphatic carbocycles. The van der Waals surface area contributed by atoms with Gasteiger partial charge >= 0.3 is 0 Å². The summed E-state index contributed by atoms with van der Waals surface area (Å²) in [5.41, 5.74) is -0.0799. The number of nitrogens with zero attached hydrogens (tertiary/aromatic N) is 1. The number of ether oxygens (including phenoxy) is 1. The van der Waals surface area contributed by atoms with Crippen LogP contribution in [0.4, 0.5) is 0 Å². The molecule has 0 fully saturated rings. The van der Waals surface area contributed by atoms with Crippen molar-refractivity contribution in [1.29, 1.82) is 0 Å². The van der Waals surface area contributed by atoms with Gasteiger partial charge in [-0.3, -0.25) is 0 Å². The van der Waals surface area contributed by atoms with Gasteiger partial charge in [-0.15, -0.1) is 5.10 Å². The zero-order valence-electron chi connectivity index (χ0n) is 6.43. The maximum absolute atomic E-state index is 5.03. The predicted octanol–water partition coefficient (Wildman–Crippen LogP) is 0.951. The van der Waals surface area contributed by atoms with Gasteiger partial charge in [0.2, 0.25) is 5.90 Å². The number of hydrogen-bond acceptors (Lipinski definition) is 3. The molecule has 0 heterocycles. The van der Waals surface area contributed by atoms with E-state index < -0.39 is 0 Å². The minimum absolute atomic E-state index is 0.0799. The fourth-order valence-electron chi connectivity index (χ4n) is 0.553. The zero-order chi connectivity index (χ0) is 7.49. The highest BCUT2D eigenvalue weighted by molar-refractivity contribution is 5.80. The predicted molar refractivity (Wildman–Crippen MR) is 38.1 cm³/mol. The Morgan fingerprint density at radius 3 is 1.89 bits per heavy atom. The standard InChI is InChI=1S/C6H14N2O/c1-6(2,3)5(8-7)9-4/h7H2,1-4H3/b8-5-. The van der Waals surface area contributed by atoms with Gasteiger partial charge in [0.1, 0.15) is 0 Å². The van der Waals surface area contributed by atoms with Gasteiger partial charge in [-0.25, -0.2) is 0 Å². The maximum atomic E-state index is 5.03. The molecule has 2 N–H and O–H groups in total. The van der Waals surface area contributed by atoms with Gasteiger partial charge in [-0.2, -0.15) is 0 Å². The third-order valence-corrected chi connectivity index (χ3v) is 0.952. The summed E-state index contributed by atoms with van der Waals surface area (Å²) in [5.74, 6) is 5.60. The second-order valence-electron chi connectivity index (χ2n) is 2.89. The van der Waals surface area contributed by atoms with Gasteiger partial charge in [0, 0.05) is 5.41 Å². The van der Waals surface area contributed by atoms with Gasteiger partial charge in [-0.05, 0) is 0 Å². The van der Waals surface area contributed by atoms with Crippen molar-refractivity contribution in [1.82, 2.24) is 0 Å². The van der Waals surface area contributed by atoms with Crippen LogP contribution in [0.3, 0.4) is 0 Å². The summed E-state index contributed by atoms with van der Waals surface area (Å²) in [6.45, 7) is 5.96. The van der Waals surface area contributed by atoms with Crippen molar-refractivity contribution in [2.75, 3.05) is 7.11 Å². The van der Waals surface area contributed by atoms with E-state index in [1.165, 1.54) is 0 Å². The van der Waals surface area contributed by atoms with E-state index in [-0.39, 0.29) is 5.41 Å². The Bertz CT molecular complexity index is 113. The van der Waals surface area contributed by atoms with E-state index in [1.54, 1.807) is 7.11 Å². The summed E-state index contributed by atoms with van der Waals surface area (Å²) in [6, 6.07) is 0. The van der Waals surface area contributed by atoms with E-state index in [4.69, 9.17) is 10.6 Å². The first kappa shape index (κ1) is 8.27. The molecule has 0 saturated heterocycles. The van der Waals surface area contributed by atoms with Crippen LogP contribution < -0.4 is 5.84 Å². The van der Waals surface area contributed by atoms with Crippen molar-refractivity contribution < 1.29 is 4.74 Å². The average molecular weight is 130 g/mol. The molecule has 0 radical (unpaired) electrons. The average Bonchev–Trinajstić information content (AvgIpc) is 1.65. The van der Waals surface area contributed by atoms with Crippen molar-refractivity contribution in [3.63, 3.8) is 0 Å². The molecule has 0 atom stereocenters. The van der Waals surface area contributed by atoms with E-state index in [2.05, 4.69) is 5.10 Å². The third kappa shape index (κ3) is 2.35. The Morgan fingerprint density at radius 1 is 1.44 bits per heavy atom. The normalized spacial score (nSPS) is 13.6. The molecular formula is C6H14N2O. The molecule has 9 heavy (non-hydrogen) atoms. The van der Waals surface area contributed by atoms with Crippen LogP contribution in [0.5, 0.6) is 0 Å². The van der Waals surface area contributed by atoms with Gasteiger partial charge in [0.05, 0.1) is 7.11 Å². The summed E-state index contributed by atoms with van der Waals surface area (Å²) >= 11 is 0. The summed E-state index contributed by atoms with van der Waals surface area (Å²) in [6.07, 6.45) is 0. The number of hydrazone groups is 1. The first-order valence-corrected chi connectivity index (χ1v) is 2.84. The second-order valence-corrected chi connectivity index (χ2v) is 2.89. The summed E-state index contributed by atoms with van der Waals surface area (Å²) in [7, 11) is 1.57. The maximum Gasteiger partial charge on any atom is 0.210 e. The molecule has 0 aliphatic heterocycles. The fourth-order valence-corrected chi connectivity index (χ4v) is 0.553. The summed E-state index contributed by atoms with van der Waals surface area (Å²) in [4.78, 5) is 0. The van der Waals surface area contributed by atoms with Gasteiger partial charge in [-0.1, -0.05) is 20.8 Å². The fraction of sp³-hybridized carbons (Fsp3) is 0.833. The van der Waals surface area contributed by atoms with Crippen LogP contribution in [0, 0.1) is 5.41 Å². The molecule has 0 rings (SSSR count). The lowest BCUT2D eigenvalue weighted by atomic mass is 9.97. The van der Waals surface area contributed by atoms with Crippen LogP contribution in [0.2, 0.25) is 0 Å². The Labute approximate surface area is 55.9 Å². The van der Waals surface area contributed by atoms with E-state index in [0.29, 0.717) is 5.90 Å². The van der Waals surface area contributed by atoms with Crippen molar-refractivity contribution >= 4 is 5.90 Å². The first-order chi connectivity index (χ1) is 4.02. The third-order valence-electron chi connectivity index (χ3n) is 0.952. The highest BCUT2D eigenvalue weighted by Crippen LogP contribution is 2.15. The largest absolute Gasteiger partial charge is 0.483 e. The molecule has 0 aromatic rings. The molecule has 3 nitrogen and oxygen atoms in total. The van der Waals surface area contributed by atoms with E-state index >= 15 is 0 Å². The second kappa shape index (κ2) is 2.71. The highest BCUT2D eigenvalue weighted by Gasteiger charge is 2.18. The molecule has 0 bridgehead atoms. The lowest BCUT2D eigenvalue weighted by Crippen LogP contribution is -2.23. The molecule has 0 amide bonds.